The molecule has 1 heterocycles. The van der Waals surface area contributed by atoms with Crippen LogP contribution < -0.4 is 16.0 Å². The molecule has 7 nitrogen and oxygen atoms in total. The number of amides is 3. The second-order valence-electron chi connectivity index (χ2n) is 4.61. The molecule has 0 saturated carbocycles. The van der Waals surface area contributed by atoms with Gasteiger partial charge in [-0.05, 0) is 30.3 Å². The number of carbonyl (C=O) groups excluding carboxylic acids is 3. The molecule has 126 valence electrons. The Kier molecular flexibility index (Phi) is 5.91. The minimum Gasteiger partial charge on any atom is -0.459 e. The quantitative estimate of drug-likeness (QED) is 0.733. The number of benzene rings is 1. The van der Waals surface area contributed by atoms with Gasteiger partial charge in [0.1, 0.15) is 5.82 Å². The number of rotatable bonds is 6. The Morgan fingerprint density at radius 2 is 1.83 bits per heavy atom. The van der Waals surface area contributed by atoms with Crippen molar-refractivity contribution in [2.24, 2.45) is 0 Å². The highest BCUT2D eigenvalue weighted by molar-refractivity contribution is 6.31. The van der Waals surface area contributed by atoms with E-state index in [1.54, 1.807) is 6.07 Å². The molecule has 0 spiro atoms. The summed E-state index contributed by atoms with van der Waals surface area (Å²) in [5, 5.41) is 6.98. The first-order valence-electron chi connectivity index (χ1n) is 6.79. The van der Waals surface area contributed by atoms with Gasteiger partial charge in [-0.1, -0.05) is 11.6 Å². The van der Waals surface area contributed by atoms with Crippen LogP contribution in [0.15, 0.2) is 41.0 Å². The Bertz CT molecular complexity index is 749. The molecule has 0 bridgehead atoms. The molecule has 0 fully saturated rings. The molecule has 0 atom stereocenters. The monoisotopic (exact) mass is 353 g/mol. The van der Waals surface area contributed by atoms with Gasteiger partial charge in [0, 0.05) is 5.69 Å². The van der Waals surface area contributed by atoms with Gasteiger partial charge in [0.25, 0.3) is 5.91 Å². The maximum Gasteiger partial charge on any atom is 0.287 e. The maximum atomic E-state index is 13.0. The predicted molar refractivity (Wildman–Crippen MR) is 84.1 cm³/mol. The topological polar surface area (TPSA) is 100 Å². The van der Waals surface area contributed by atoms with Gasteiger partial charge >= 0.3 is 0 Å². The molecular formula is C15H13ClFN3O4. The van der Waals surface area contributed by atoms with E-state index >= 15 is 0 Å². The van der Waals surface area contributed by atoms with Gasteiger partial charge < -0.3 is 20.4 Å². The van der Waals surface area contributed by atoms with Crippen LogP contribution in [-0.2, 0) is 9.59 Å². The number of carbonyl (C=O) groups is 3. The van der Waals surface area contributed by atoms with Gasteiger partial charge in [0.05, 0.1) is 24.4 Å². The minimum atomic E-state index is -0.602. The summed E-state index contributed by atoms with van der Waals surface area (Å²) in [7, 11) is 0. The Morgan fingerprint density at radius 3 is 2.50 bits per heavy atom. The number of nitrogens with one attached hydrogen (secondary N) is 3. The summed E-state index contributed by atoms with van der Waals surface area (Å²) in [6.07, 6.45) is 1.33. The Labute approximate surface area is 141 Å². The number of hydrogen-bond acceptors (Lipinski definition) is 4. The molecule has 3 N–H and O–H groups in total. The zero-order chi connectivity index (χ0) is 17.5. The second kappa shape index (κ2) is 8.11. The molecule has 1 aromatic carbocycles. The molecule has 2 rings (SSSR count). The third-order valence-corrected chi connectivity index (χ3v) is 3.09. The molecule has 0 aliphatic heterocycles. The summed E-state index contributed by atoms with van der Waals surface area (Å²) >= 11 is 5.59. The summed E-state index contributed by atoms with van der Waals surface area (Å²) in [5.41, 5.74) is 0.298. The highest BCUT2D eigenvalue weighted by atomic mass is 35.5. The number of halogens is 2. The Hall–Kier alpha value is -2.87. The standard InChI is InChI=1S/C15H13ClFN3O4/c16-10-6-9(3-4-11(10)17)20-14(22)8-18-13(21)7-19-15(23)12-2-1-5-24-12/h1-6H,7-8H2,(H,18,21)(H,19,23)(H,20,22). The fourth-order valence-corrected chi connectivity index (χ4v) is 1.86. The van der Waals surface area contributed by atoms with Crippen molar-refractivity contribution in [3.63, 3.8) is 0 Å². The van der Waals surface area contributed by atoms with Crippen LogP contribution in [0.25, 0.3) is 0 Å². The van der Waals surface area contributed by atoms with Crippen LogP contribution in [-0.4, -0.2) is 30.8 Å². The van der Waals surface area contributed by atoms with Crippen LogP contribution in [0.3, 0.4) is 0 Å². The van der Waals surface area contributed by atoms with E-state index in [1.165, 1.54) is 24.5 Å². The van der Waals surface area contributed by atoms with Crippen LogP contribution in [0.2, 0.25) is 5.02 Å². The molecule has 9 heteroatoms. The lowest BCUT2D eigenvalue weighted by Crippen LogP contribution is -2.40. The largest absolute Gasteiger partial charge is 0.459 e. The van der Waals surface area contributed by atoms with Crippen molar-refractivity contribution in [2.75, 3.05) is 18.4 Å². The van der Waals surface area contributed by atoms with Crippen LogP contribution >= 0.6 is 11.6 Å². The van der Waals surface area contributed by atoms with Crippen LogP contribution in [0, 0.1) is 5.82 Å². The SMILES string of the molecule is O=C(CNC(=O)c1ccco1)NCC(=O)Nc1ccc(F)c(Cl)c1. The Morgan fingerprint density at radius 1 is 1.08 bits per heavy atom. The minimum absolute atomic E-state index is 0.0775. The van der Waals surface area contributed by atoms with E-state index in [1.807, 2.05) is 0 Å². The summed E-state index contributed by atoms with van der Waals surface area (Å²) < 4.78 is 17.9. The van der Waals surface area contributed by atoms with Gasteiger partial charge in [-0.3, -0.25) is 14.4 Å². The molecule has 0 unspecified atom stereocenters. The summed E-state index contributed by atoms with van der Waals surface area (Å²) in [6.45, 7) is -0.625. The van der Waals surface area contributed by atoms with Crippen molar-refractivity contribution in [3.05, 3.63) is 53.2 Å². The zero-order valence-corrected chi connectivity index (χ0v) is 13.0. The molecule has 0 saturated heterocycles. The van der Waals surface area contributed by atoms with Gasteiger partial charge in [-0.25, -0.2) is 4.39 Å². The predicted octanol–water partition coefficient (Wildman–Crippen LogP) is 1.56. The van der Waals surface area contributed by atoms with E-state index < -0.39 is 23.5 Å². The van der Waals surface area contributed by atoms with Crippen molar-refractivity contribution in [3.8, 4) is 0 Å². The first-order chi connectivity index (χ1) is 11.5. The average Bonchev–Trinajstić information content (AvgIpc) is 3.08. The molecule has 24 heavy (non-hydrogen) atoms. The van der Waals surface area contributed by atoms with Crippen molar-refractivity contribution < 1.29 is 23.2 Å². The molecular weight excluding hydrogens is 341 g/mol. The summed E-state index contributed by atoms with van der Waals surface area (Å²) in [5.74, 6) is -2.14. The zero-order valence-electron chi connectivity index (χ0n) is 12.3. The van der Waals surface area contributed by atoms with E-state index in [0.29, 0.717) is 5.69 Å². The van der Waals surface area contributed by atoms with Crippen LogP contribution in [0.4, 0.5) is 10.1 Å². The van der Waals surface area contributed by atoms with Gasteiger partial charge in [0.2, 0.25) is 11.8 Å². The fourth-order valence-electron chi connectivity index (χ4n) is 1.68. The van der Waals surface area contributed by atoms with Gasteiger partial charge in [-0.15, -0.1) is 0 Å². The number of furan rings is 1. The van der Waals surface area contributed by atoms with E-state index in [-0.39, 0.29) is 23.9 Å². The van der Waals surface area contributed by atoms with E-state index in [2.05, 4.69) is 16.0 Å². The smallest absolute Gasteiger partial charge is 0.287 e. The summed E-state index contributed by atoms with van der Waals surface area (Å²) in [4.78, 5) is 34.8. The molecule has 2 aromatic rings. The lowest BCUT2D eigenvalue weighted by atomic mass is 10.3. The average molecular weight is 354 g/mol. The number of hydrogen-bond donors (Lipinski definition) is 3. The van der Waals surface area contributed by atoms with Crippen molar-refractivity contribution in [2.45, 2.75) is 0 Å². The Balaban J connectivity index is 1.72. The maximum absolute atomic E-state index is 13.0. The molecule has 0 radical (unpaired) electrons. The first-order valence-corrected chi connectivity index (χ1v) is 7.17. The molecule has 1 aromatic heterocycles. The lowest BCUT2D eigenvalue weighted by molar-refractivity contribution is -0.123. The highest BCUT2D eigenvalue weighted by Gasteiger charge is 2.11. The fraction of sp³-hybridized carbons (Fsp3) is 0.133. The molecule has 0 aliphatic carbocycles. The van der Waals surface area contributed by atoms with Crippen LogP contribution in [0.5, 0.6) is 0 Å². The third kappa shape index (κ3) is 5.10. The van der Waals surface area contributed by atoms with E-state index in [4.69, 9.17) is 16.0 Å². The van der Waals surface area contributed by atoms with Crippen LogP contribution in [0.1, 0.15) is 10.6 Å². The second-order valence-corrected chi connectivity index (χ2v) is 5.02. The lowest BCUT2D eigenvalue weighted by Gasteiger charge is -2.08. The van der Waals surface area contributed by atoms with E-state index in [9.17, 15) is 18.8 Å². The van der Waals surface area contributed by atoms with Crippen molar-refractivity contribution in [1.29, 1.82) is 0 Å². The van der Waals surface area contributed by atoms with Gasteiger partial charge in [0.15, 0.2) is 5.76 Å². The third-order valence-electron chi connectivity index (χ3n) is 2.80. The molecule has 0 aliphatic rings. The van der Waals surface area contributed by atoms with Crippen molar-refractivity contribution >= 4 is 35.0 Å². The van der Waals surface area contributed by atoms with E-state index in [0.717, 1.165) is 6.07 Å². The van der Waals surface area contributed by atoms with Gasteiger partial charge in [-0.2, -0.15) is 0 Å². The first kappa shape index (κ1) is 17.5. The van der Waals surface area contributed by atoms with Crippen molar-refractivity contribution in [1.82, 2.24) is 10.6 Å². The summed E-state index contributed by atoms with van der Waals surface area (Å²) in [6, 6.07) is 6.70. The molecule has 3 amide bonds. The number of anilines is 1. The highest BCUT2D eigenvalue weighted by Crippen LogP contribution is 2.19. The normalized spacial score (nSPS) is 10.1.